The quantitative estimate of drug-likeness (QED) is 0.656. The van der Waals surface area contributed by atoms with Crippen LogP contribution in [0.3, 0.4) is 0 Å². The lowest BCUT2D eigenvalue weighted by Crippen LogP contribution is -2.16. The molecule has 0 N–H and O–H groups in total. The summed E-state index contributed by atoms with van der Waals surface area (Å²) in [7, 11) is 0. The van der Waals surface area contributed by atoms with Crippen LogP contribution < -0.4 is 0 Å². The fraction of sp³-hybridized carbons (Fsp3) is 0.938. The highest BCUT2D eigenvalue weighted by atomic mass is 16.5. The van der Waals surface area contributed by atoms with Gasteiger partial charge in [0.1, 0.15) is 0 Å². The minimum absolute atomic E-state index is 0.00857. The van der Waals surface area contributed by atoms with Crippen LogP contribution in [0, 0.1) is 5.41 Å². The average Bonchev–Trinajstić information content (AvgIpc) is 2.42. The number of carbonyl (C=O) groups is 1. The molecule has 108 valence electrons. The molecule has 2 nitrogen and oxygen atoms in total. The molecule has 0 saturated carbocycles. The Labute approximate surface area is 113 Å². The van der Waals surface area contributed by atoms with Gasteiger partial charge in [-0.25, -0.2) is 0 Å². The first-order valence-corrected chi connectivity index (χ1v) is 7.73. The first kappa shape index (κ1) is 17.5. The van der Waals surface area contributed by atoms with Gasteiger partial charge in [0.05, 0.1) is 6.61 Å². The predicted octanol–water partition coefficient (Wildman–Crippen LogP) is 5.11. The van der Waals surface area contributed by atoms with Gasteiger partial charge in [-0.15, -0.1) is 0 Å². The summed E-state index contributed by atoms with van der Waals surface area (Å²) in [5, 5.41) is 0. The third kappa shape index (κ3) is 8.54. The fourth-order valence-corrected chi connectivity index (χ4v) is 2.40. The van der Waals surface area contributed by atoms with Gasteiger partial charge in [-0.3, -0.25) is 4.79 Å². The second-order valence-electron chi connectivity index (χ2n) is 5.74. The van der Waals surface area contributed by atoms with Crippen molar-refractivity contribution in [2.45, 2.75) is 85.5 Å². The number of ether oxygens (including phenoxy) is 1. The Morgan fingerprint density at radius 1 is 1.06 bits per heavy atom. The van der Waals surface area contributed by atoms with Crippen molar-refractivity contribution in [1.29, 1.82) is 0 Å². The summed E-state index contributed by atoms with van der Waals surface area (Å²) < 4.78 is 5.10. The molecule has 1 aliphatic heterocycles. The number of unbranched alkanes of at least 4 members (excludes halogenated alkanes) is 1. The molecular weight excluding hydrogens is 224 g/mol. The summed E-state index contributed by atoms with van der Waals surface area (Å²) in [6.07, 6.45) is 10.2. The van der Waals surface area contributed by atoms with E-state index in [0.29, 0.717) is 18.4 Å². The van der Waals surface area contributed by atoms with Crippen molar-refractivity contribution in [2.75, 3.05) is 6.61 Å². The molecule has 1 atom stereocenters. The lowest BCUT2D eigenvalue weighted by Gasteiger charge is -2.28. The van der Waals surface area contributed by atoms with Crippen LogP contribution in [0.2, 0.25) is 0 Å². The Kier molecular flexibility index (Phi) is 10.1. The second kappa shape index (κ2) is 10.4. The smallest absolute Gasteiger partial charge is 0.305 e. The van der Waals surface area contributed by atoms with Gasteiger partial charge in [0.2, 0.25) is 0 Å². The van der Waals surface area contributed by atoms with E-state index in [9.17, 15) is 4.79 Å². The van der Waals surface area contributed by atoms with Crippen molar-refractivity contribution in [1.82, 2.24) is 0 Å². The SMILES string of the molecule is CCCC.CCCC1(C)CCCOC(=O)CCC1. The van der Waals surface area contributed by atoms with Crippen molar-refractivity contribution >= 4 is 5.97 Å². The maximum absolute atomic E-state index is 11.1. The maximum atomic E-state index is 11.1. The Morgan fingerprint density at radius 3 is 2.22 bits per heavy atom. The highest BCUT2D eigenvalue weighted by Gasteiger charge is 2.24. The molecule has 0 radical (unpaired) electrons. The molecular formula is C16H32O2. The average molecular weight is 256 g/mol. The zero-order valence-electron chi connectivity index (χ0n) is 12.9. The second-order valence-corrected chi connectivity index (χ2v) is 5.74. The summed E-state index contributed by atoms with van der Waals surface area (Å²) in [5.41, 5.74) is 0.447. The van der Waals surface area contributed by atoms with Gasteiger partial charge in [0.25, 0.3) is 0 Å². The molecule has 0 aromatic carbocycles. The number of hydrogen-bond donors (Lipinski definition) is 0. The molecule has 0 aromatic heterocycles. The minimum atomic E-state index is -0.00857. The van der Waals surface area contributed by atoms with Gasteiger partial charge in [0.15, 0.2) is 0 Å². The van der Waals surface area contributed by atoms with Gasteiger partial charge in [0, 0.05) is 6.42 Å². The van der Waals surface area contributed by atoms with E-state index in [-0.39, 0.29) is 5.97 Å². The van der Waals surface area contributed by atoms with Gasteiger partial charge in [-0.1, -0.05) is 47.0 Å². The highest BCUT2D eigenvalue weighted by molar-refractivity contribution is 5.69. The maximum Gasteiger partial charge on any atom is 0.305 e. The minimum Gasteiger partial charge on any atom is -0.466 e. The fourth-order valence-electron chi connectivity index (χ4n) is 2.40. The molecule has 0 aromatic rings. The summed E-state index contributed by atoms with van der Waals surface area (Å²) >= 11 is 0. The monoisotopic (exact) mass is 256 g/mol. The van der Waals surface area contributed by atoms with E-state index in [0.717, 1.165) is 12.8 Å². The molecule has 1 heterocycles. The number of carbonyl (C=O) groups excluding carboxylic acids is 1. The van der Waals surface area contributed by atoms with E-state index in [4.69, 9.17) is 4.74 Å². The molecule has 18 heavy (non-hydrogen) atoms. The number of rotatable bonds is 3. The molecule has 1 aliphatic rings. The van der Waals surface area contributed by atoms with E-state index in [1.54, 1.807) is 0 Å². The zero-order chi connectivity index (χ0) is 13.9. The van der Waals surface area contributed by atoms with Crippen LogP contribution in [-0.2, 0) is 9.53 Å². The van der Waals surface area contributed by atoms with Crippen LogP contribution in [0.4, 0.5) is 0 Å². The van der Waals surface area contributed by atoms with Crippen LogP contribution >= 0.6 is 0 Å². The molecule has 0 amide bonds. The molecule has 1 unspecified atom stereocenters. The number of esters is 1. The van der Waals surface area contributed by atoms with Gasteiger partial charge in [-0.2, -0.15) is 0 Å². The largest absolute Gasteiger partial charge is 0.466 e. The van der Waals surface area contributed by atoms with Crippen LogP contribution in [0.1, 0.15) is 85.5 Å². The van der Waals surface area contributed by atoms with Crippen molar-refractivity contribution in [2.24, 2.45) is 5.41 Å². The Balaban J connectivity index is 0.000000631. The van der Waals surface area contributed by atoms with E-state index >= 15 is 0 Å². The molecule has 0 aliphatic carbocycles. The zero-order valence-corrected chi connectivity index (χ0v) is 12.9. The standard InChI is InChI=1S/C12H22O2.C4H10/c1-3-7-12(2)8-4-6-11(13)14-10-5-9-12;1-3-4-2/h3-10H2,1-2H3;3-4H2,1-2H3. The topological polar surface area (TPSA) is 26.3 Å². The van der Waals surface area contributed by atoms with E-state index in [2.05, 4.69) is 27.7 Å². The van der Waals surface area contributed by atoms with E-state index < -0.39 is 0 Å². The molecule has 0 bridgehead atoms. The van der Waals surface area contributed by atoms with Crippen LogP contribution in [-0.4, -0.2) is 12.6 Å². The molecule has 1 fully saturated rings. The summed E-state index contributed by atoms with van der Waals surface area (Å²) in [6.45, 7) is 9.57. The van der Waals surface area contributed by atoms with Crippen molar-refractivity contribution in [3.63, 3.8) is 0 Å². The summed E-state index contributed by atoms with van der Waals surface area (Å²) in [4.78, 5) is 11.1. The summed E-state index contributed by atoms with van der Waals surface area (Å²) in [6, 6.07) is 0. The first-order chi connectivity index (χ1) is 8.58. The molecule has 2 heteroatoms. The third-order valence-electron chi connectivity index (χ3n) is 3.70. The van der Waals surface area contributed by atoms with Crippen molar-refractivity contribution in [3.05, 3.63) is 0 Å². The molecule has 1 rings (SSSR count). The van der Waals surface area contributed by atoms with E-state index in [1.807, 2.05) is 0 Å². The Hall–Kier alpha value is -0.530. The number of hydrogen-bond acceptors (Lipinski definition) is 2. The lowest BCUT2D eigenvalue weighted by atomic mass is 9.77. The molecule has 1 saturated heterocycles. The van der Waals surface area contributed by atoms with Crippen LogP contribution in [0.15, 0.2) is 0 Å². The first-order valence-electron chi connectivity index (χ1n) is 7.73. The predicted molar refractivity (Wildman–Crippen MR) is 77.6 cm³/mol. The van der Waals surface area contributed by atoms with Gasteiger partial charge in [-0.05, 0) is 37.5 Å². The normalized spacial score (nSPS) is 25.0. The van der Waals surface area contributed by atoms with Gasteiger partial charge < -0.3 is 4.74 Å². The number of cyclic esters (lactones) is 1. The lowest BCUT2D eigenvalue weighted by molar-refractivity contribution is -0.143. The van der Waals surface area contributed by atoms with E-state index in [1.165, 1.54) is 38.5 Å². The van der Waals surface area contributed by atoms with Gasteiger partial charge >= 0.3 is 5.97 Å². The van der Waals surface area contributed by atoms with Crippen LogP contribution in [0.5, 0.6) is 0 Å². The Morgan fingerprint density at radius 2 is 1.67 bits per heavy atom. The van der Waals surface area contributed by atoms with Crippen LogP contribution in [0.25, 0.3) is 0 Å². The third-order valence-corrected chi connectivity index (χ3v) is 3.70. The summed E-state index contributed by atoms with van der Waals surface area (Å²) in [5.74, 6) is -0.00857. The highest BCUT2D eigenvalue weighted by Crippen LogP contribution is 2.35. The Bertz CT molecular complexity index is 211. The molecule has 0 spiro atoms. The van der Waals surface area contributed by atoms with Crippen molar-refractivity contribution in [3.8, 4) is 0 Å². The van der Waals surface area contributed by atoms with Crippen molar-refractivity contribution < 1.29 is 9.53 Å².